The van der Waals surface area contributed by atoms with E-state index in [9.17, 15) is 29.5 Å². The molecule has 4 aromatic rings. The molecule has 0 bridgehead atoms. The van der Waals surface area contributed by atoms with E-state index in [0.717, 1.165) is 18.5 Å². The summed E-state index contributed by atoms with van der Waals surface area (Å²) in [4.78, 5) is 62.2. The number of likely N-dealkylation sites (tertiary alicyclic amines) is 1. The number of hydrogen-bond donors (Lipinski definition) is 5. The minimum Gasteiger partial charge on any atom is -0.494 e. The van der Waals surface area contributed by atoms with Gasteiger partial charge in [0.15, 0.2) is 0 Å². The second kappa shape index (κ2) is 19.0. The van der Waals surface area contributed by atoms with Gasteiger partial charge >= 0.3 is 0 Å². The van der Waals surface area contributed by atoms with E-state index in [1.807, 2.05) is 32.9 Å². The topological polar surface area (TPSA) is 224 Å². The summed E-state index contributed by atoms with van der Waals surface area (Å²) in [7, 11) is 1.54. The lowest BCUT2D eigenvalue weighted by molar-refractivity contribution is -0.145. The highest BCUT2D eigenvalue weighted by Gasteiger charge is 2.44. The number of nitriles is 1. The number of amides is 4. The van der Waals surface area contributed by atoms with E-state index < -0.39 is 41.3 Å². The molecule has 0 spiro atoms. The Bertz CT molecular complexity index is 2290. The number of carbonyl (C=O) groups excluding carboxylic acids is 4. The van der Waals surface area contributed by atoms with Gasteiger partial charge in [0.05, 0.1) is 54.1 Å². The molecule has 1 saturated carbocycles. The predicted octanol–water partition coefficient (Wildman–Crippen LogP) is 3.94. The Labute approximate surface area is 360 Å². The summed E-state index contributed by atoms with van der Waals surface area (Å²) in [6.07, 6.45) is 3.80. The highest BCUT2D eigenvalue weighted by Crippen LogP contribution is 2.33. The quantitative estimate of drug-likeness (QED) is 0.115. The summed E-state index contributed by atoms with van der Waals surface area (Å²) in [5.41, 5.74) is 3.36. The zero-order valence-electron chi connectivity index (χ0n) is 35.3. The number of ether oxygens (including phenoxy) is 3. The molecule has 2 aromatic heterocycles. The van der Waals surface area contributed by atoms with Gasteiger partial charge in [-0.25, -0.2) is 4.98 Å². The Morgan fingerprint density at radius 1 is 1.00 bits per heavy atom. The number of nitrogens with one attached hydrogen (secondary N) is 4. The molecule has 2 saturated heterocycles. The number of β-amino-alcohol motifs (C(OH)–C–C–N with tert-alkyl or cyclic N) is 1. The Balaban J connectivity index is 0.898. The summed E-state index contributed by atoms with van der Waals surface area (Å²) in [6, 6.07) is 17.7. The van der Waals surface area contributed by atoms with Gasteiger partial charge in [0.25, 0.3) is 5.91 Å². The zero-order chi connectivity index (χ0) is 44.0. The number of aromatic amines is 1. The maximum atomic E-state index is 14.1. The summed E-state index contributed by atoms with van der Waals surface area (Å²) >= 11 is 0. The molecule has 4 heterocycles. The van der Waals surface area contributed by atoms with Gasteiger partial charge in [-0.05, 0) is 73.6 Å². The molecule has 17 heteroatoms. The Morgan fingerprint density at radius 2 is 1.79 bits per heavy atom. The maximum absolute atomic E-state index is 14.1. The first-order chi connectivity index (χ1) is 29.8. The van der Waals surface area contributed by atoms with Crippen molar-refractivity contribution in [3.05, 3.63) is 83.7 Å². The number of nitrogens with zero attached hydrogens (tertiary/aromatic N) is 5. The van der Waals surface area contributed by atoms with Gasteiger partial charge in [-0.2, -0.15) is 10.4 Å². The number of aliphatic hydroxyl groups is 1. The van der Waals surface area contributed by atoms with Crippen LogP contribution in [-0.2, 0) is 25.7 Å². The molecular weight excluding hydrogens is 795 g/mol. The number of aliphatic hydroxyl groups excluding tert-OH is 1. The molecule has 5 N–H and O–H groups in total. The summed E-state index contributed by atoms with van der Waals surface area (Å²) in [5, 5.41) is 35.4. The molecule has 7 rings (SSSR count). The van der Waals surface area contributed by atoms with Crippen LogP contribution in [0.5, 0.6) is 11.5 Å². The van der Waals surface area contributed by atoms with Crippen LogP contribution in [0.2, 0.25) is 0 Å². The molecule has 326 valence electrons. The summed E-state index contributed by atoms with van der Waals surface area (Å²) in [6.45, 7) is 6.58. The molecule has 0 unspecified atom stereocenters. The molecule has 17 nitrogen and oxygen atoms in total. The second-order valence-corrected chi connectivity index (χ2v) is 16.9. The largest absolute Gasteiger partial charge is 0.494 e. The van der Waals surface area contributed by atoms with Gasteiger partial charge in [0.1, 0.15) is 35.9 Å². The van der Waals surface area contributed by atoms with Crippen molar-refractivity contribution < 1.29 is 38.5 Å². The number of pyridine rings is 1. The summed E-state index contributed by atoms with van der Waals surface area (Å²) in [5.74, 6) is -0.727. The average Bonchev–Trinajstić information content (AvgIpc) is 3.73. The lowest BCUT2D eigenvalue weighted by Crippen LogP contribution is -2.58. The number of carbonyl (C=O) groups is 4. The van der Waals surface area contributed by atoms with Crippen molar-refractivity contribution in [2.45, 2.75) is 89.8 Å². The standard InChI is InChI=1S/C45H53N9O8/c1-45(2,3)41(44(59)54-25-30(55)22-37(54)43(58)47-24-28-9-8-27(23-46)20-38(28)62-32-11-12-32)51-40(56)26-61-31-15-18-53(19-16-31)29-10-13-35(39(21-29)60-4)50-42(57)36-7-5-6-33(49-36)34-14-17-48-52-34/h5-10,13-14,17,20-21,30-32,37,41,55H,11-12,15-16,18-19,22,24-26H2,1-4H3,(H,47,58)(H,48,52)(H,50,57)(H,51,56)/t30-,37+,41-/m1/s1. The van der Waals surface area contributed by atoms with Crippen LogP contribution in [0.4, 0.5) is 11.4 Å². The highest BCUT2D eigenvalue weighted by molar-refractivity contribution is 6.04. The first-order valence-corrected chi connectivity index (χ1v) is 20.9. The number of benzene rings is 2. The number of hydrogen-bond acceptors (Lipinski definition) is 12. The molecule has 1 aliphatic carbocycles. The molecule has 3 fully saturated rings. The fourth-order valence-corrected chi connectivity index (χ4v) is 7.62. The minimum absolute atomic E-state index is 0.0518. The van der Waals surface area contributed by atoms with Gasteiger partial charge in [-0.1, -0.05) is 32.9 Å². The van der Waals surface area contributed by atoms with Crippen LogP contribution < -0.4 is 30.3 Å². The van der Waals surface area contributed by atoms with Crippen molar-refractivity contribution in [2.24, 2.45) is 5.41 Å². The van der Waals surface area contributed by atoms with E-state index in [4.69, 9.17) is 14.2 Å². The molecule has 2 aliphatic heterocycles. The van der Waals surface area contributed by atoms with E-state index in [1.165, 1.54) is 4.90 Å². The molecule has 4 amide bonds. The SMILES string of the molecule is COc1cc(N2CCC(OCC(=O)N[C@H](C(=O)N3C[C@H](O)C[C@H]3C(=O)NCc3ccc(C#N)cc3OC3CC3)C(C)(C)C)CC2)ccc1NC(=O)c1cccc(-c2ccn[nH]2)n1. The van der Waals surface area contributed by atoms with E-state index in [-0.39, 0.29) is 49.9 Å². The molecule has 3 atom stereocenters. The Hall–Kier alpha value is -6.51. The smallest absolute Gasteiger partial charge is 0.274 e. The summed E-state index contributed by atoms with van der Waals surface area (Å²) < 4.78 is 17.7. The Morgan fingerprint density at radius 3 is 2.48 bits per heavy atom. The first-order valence-electron chi connectivity index (χ1n) is 20.9. The molecular formula is C45H53N9O8. The van der Waals surface area contributed by atoms with Gasteiger partial charge in [0, 0.05) is 56.1 Å². The fourth-order valence-electron chi connectivity index (χ4n) is 7.62. The van der Waals surface area contributed by atoms with Crippen molar-refractivity contribution in [3.63, 3.8) is 0 Å². The molecule has 3 aliphatic rings. The van der Waals surface area contributed by atoms with Crippen LogP contribution in [0.25, 0.3) is 11.4 Å². The van der Waals surface area contributed by atoms with Gasteiger partial charge in [-0.3, -0.25) is 24.3 Å². The third-order valence-corrected chi connectivity index (χ3v) is 11.2. The molecule has 62 heavy (non-hydrogen) atoms. The van der Waals surface area contributed by atoms with Gasteiger partial charge in [-0.15, -0.1) is 0 Å². The van der Waals surface area contributed by atoms with Crippen LogP contribution in [0.1, 0.15) is 74.5 Å². The third-order valence-electron chi connectivity index (χ3n) is 11.2. The lowest BCUT2D eigenvalue weighted by Gasteiger charge is -2.36. The van der Waals surface area contributed by atoms with Crippen LogP contribution in [0.3, 0.4) is 0 Å². The number of rotatable bonds is 15. The average molecular weight is 848 g/mol. The van der Waals surface area contributed by atoms with Crippen molar-refractivity contribution in [2.75, 3.05) is 43.6 Å². The number of anilines is 2. The van der Waals surface area contributed by atoms with Crippen molar-refractivity contribution in [1.82, 2.24) is 30.7 Å². The monoisotopic (exact) mass is 847 g/mol. The number of piperidine rings is 1. The number of aromatic nitrogens is 3. The van der Waals surface area contributed by atoms with E-state index >= 15 is 0 Å². The highest BCUT2D eigenvalue weighted by atomic mass is 16.5. The van der Waals surface area contributed by atoms with Crippen LogP contribution in [-0.4, -0.2) is 113 Å². The molecule has 0 radical (unpaired) electrons. The van der Waals surface area contributed by atoms with E-state index in [1.54, 1.807) is 61.8 Å². The first kappa shape index (κ1) is 43.6. The minimum atomic E-state index is -0.996. The lowest BCUT2D eigenvalue weighted by atomic mass is 9.85. The number of H-pyrrole nitrogens is 1. The third kappa shape index (κ3) is 10.7. The predicted molar refractivity (Wildman–Crippen MR) is 228 cm³/mol. The van der Waals surface area contributed by atoms with Crippen LogP contribution in [0.15, 0.2) is 66.9 Å². The molecule has 2 aromatic carbocycles. The second-order valence-electron chi connectivity index (χ2n) is 16.9. The van der Waals surface area contributed by atoms with Crippen molar-refractivity contribution >= 4 is 35.0 Å². The van der Waals surface area contributed by atoms with E-state index in [0.29, 0.717) is 65.6 Å². The maximum Gasteiger partial charge on any atom is 0.274 e. The van der Waals surface area contributed by atoms with E-state index in [2.05, 4.69) is 42.1 Å². The van der Waals surface area contributed by atoms with Crippen molar-refractivity contribution in [1.29, 1.82) is 5.26 Å². The Kier molecular flexibility index (Phi) is 13.4. The van der Waals surface area contributed by atoms with Gasteiger partial charge in [0.2, 0.25) is 17.7 Å². The zero-order valence-corrected chi connectivity index (χ0v) is 35.3. The number of methoxy groups -OCH3 is 1. The van der Waals surface area contributed by atoms with Crippen LogP contribution in [0, 0.1) is 16.7 Å². The van der Waals surface area contributed by atoms with Crippen LogP contribution >= 0.6 is 0 Å². The van der Waals surface area contributed by atoms with Gasteiger partial charge < -0.3 is 45.1 Å². The normalized spacial score (nSPS) is 18.4. The van der Waals surface area contributed by atoms with Crippen molar-refractivity contribution in [3.8, 4) is 29.0 Å². The fraction of sp³-hybridized carbons (Fsp3) is 0.444.